The normalized spacial score (nSPS) is 10.4. The van der Waals surface area contributed by atoms with E-state index in [9.17, 15) is 9.18 Å². The van der Waals surface area contributed by atoms with Crippen molar-refractivity contribution in [1.82, 2.24) is 9.97 Å². The smallest absolute Gasteiger partial charge is 0.262 e. The van der Waals surface area contributed by atoms with Crippen molar-refractivity contribution in [3.05, 3.63) is 46.6 Å². The summed E-state index contributed by atoms with van der Waals surface area (Å²) in [7, 11) is 0. The van der Waals surface area contributed by atoms with E-state index in [0.717, 1.165) is 0 Å². The molecule has 2 aromatic rings. The quantitative estimate of drug-likeness (QED) is 0.494. The lowest BCUT2D eigenvalue weighted by Crippen LogP contribution is -2.14. The van der Waals surface area contributed by atoms with E-state index in [4.69, 9.17) is 0 Å². The third-order valence-electron chi connectivity index (χ3n) is 2.11. The van der Waals surface area contributed by atoms with Crippen LogP contribution in [0.15, 0.2) is 40.3 Å². The van der Waals surface area contributed by atoms with E-state index < -0.39 is 11.5 Å². The van der Waals surface area contributed by atoms with Gasteiger partial charge in [-0.3, -0.25) is 4.79 Å². The van der Waals surface area contributed by atoms with Crippen LogP contribution in [0.5, 0.6) is 0 Å². The molecule has 0 aliphatic rings. The molecule has 2 rings (SSSR count). The summed E-state index contributed by atoms with van der Waals surface area (Å²) in [6, 6.07) is 8.65. The summed E-state index contributed by atoms with van der Waals surface area (Å²) in [6.07, 6.45) is 1.72. The number of nitrogens with zero attached hydrogens (tertiary/aromatic N) is 1. The summed E-state index contributed by atoms with van der Waals surface area (Å²) in [5.41, 5.74) is 0.0582. The van der Waals surface area contributed by atoms with Gasteiger partial charge in [-0.25, -0.2) is 0 Å². The zero-order valence-corrected chi connectivity index (χ0v) is 9.34. The molecule has 0 radical (unpaired) electrons. The zero-order valence-electron chi connectivity index (χ0n) is 8.53. The zero-order chi connectivity index (χ0) is 11.5. The molecule has 0 aliphatic heterocycles. The van der Waals surface area contributed by atoms with Gasteiger partial charge >= 0.3 is 0 Å². The summed E-state index contributed by atoms with van der Waals surface area (Å²) in [4.78, 5) is 17.9. The van der Waals surface area contributed by atoms with Crippen molar-refractivity contribution in [3.8, 4) is 11.1 Å². The Balaban J connectivity index is 2.63. The third-order valence-corrected chi connectivity index (χ3v) is 2.69. The molecule has 0 saturated heterocycles. The van der Waals surface area contributed by atoms with Crippen LogP contribution in [0, 0.1) is 5.95 Å². The first kappa shape index (κ1) is 10.9. The van der Waals surface area contributed by atoms with Crippen LogP contribution in [0.1, 0.15) is 0 Å². The summed E-state index contributed by atoms with van der Waals surface area (Å²) in [5, 5.41) is 0.280. The van der Waals surface area contributed by atoms with Gasteiger partial charge in [-0.05, 0) is 11.8 Å². The largest absolute Gasteiger partial charge is 0.301 e. The van der Waals surface area contributed by atoms with Gasteiger partial charge in [0.2, 0.25) is 5.95 Å². The molecule has 0 fully saturated rings. The number of nitrogens with one attached hydrogen (secondary N) is 1. The minimum Gasteiger partial charge on any atom is -0.301 e. The van der Waals surface area contributed by atoms with Gasteiger partial charge in [0.25, 0.3) is 5.56 Å². The predicted molar refractivity (Wildman–Crippen MR) is 62.0 cm³/mol. The molecule has 3 nitrogen and oxygen atoms in total. The van der Waals surface area contributed by atoms with Gasteiger partial charge in [0.05, 0.1) is 0 Å². The Bertz CT molecular complexity index is 554. The van der Waals surface area contributed by atoms with Gasteiger partial charge < -0.3 is 4.98 Å². The number of hydrogen-bond acceptors (Lipinski definition) is 3. The number of aromatic nitrogens is 2. The van der Waals surface area contributed by atoms with E-state index >= 15 is 0 Å². The molecule has 0 amide bonds. The highest BCUT2D eigenvalue weighted by atomic mass is 32.2. The van der Waals surface area contributed by atoms with Crippen molar-refractivity contribution >= 4 is 11.8 Å². The Kier molecular flexibility index (Phi) is 3.05. The standard InChI is InChI=1S/C11H9FN2OS/c1-16-11-13-9(12)8(10(15)14-11)7-5-3-2-4-6-7/h2-6H,1H3,(H,13,14,15). The Morgan fingerprint density at radius 2 is 2.00 bits per heavy atom. The van der Waals surface area contributed by atoms with Crippen molar-refractivity contribution in [2.24, 2.45) is 0 Å². The fourth-order valence-electron chi connectivity index (χ4n) is 1.38. The minimum absolute atomic E-state index is 0.0154. The third kappa shape index (κ3) is 1.99. The van der Waals surface area contributed by atoms with Crippen LogP contribution < -0.4 is 5.56 Å². The van der Waals surface area contributed by atoms with Crippen LogP contribution >= 0.6 is 11.8 Å². The van der Waals surface area contributed by atoms with Crippen LogP contribution in [-0.2, 0) is 0 Å². The lowest BCUT2D eigenvalue weighted by molar-refractivity contribution is 0.564. The van der Waals surface area contributed by atoms with Gasteiger partial charge in [-0.1, -0.05) is 42.1 Å². The highest BCUT2D eigenvalue weighted by Gasteiger charge is 2.12. The number of hydrogen-bond donors (Lipinski definition) is 1. The maximum atomic E-state index is 13.6. The van der Waals surface area contributed by atoms with Gasteiger partial charge in [0.1, 0.15) is 5.56 Å². The van der Waals surface area contributed by atoms with Crippen molar-refractivity contribution in [2.75, 3.05) is 6.26 Å². The Hall–Kier alpha value is -1.62. The maximum Gasteiger partial charge on any atom is 0.262 e. The first-order valence-corrected chi connectivity index (χ1v) is 5.84. The van der Waals surface area contributed by atoms with E-state index in [1.165, 1.54) is 11.8 Å². The average Bonchev–Trinajstić information content (AvgIpc) is 2.29. The molecular formula is C11H9FN2OS. The molecule has 0 aliphatic carbocycles. The number of benzene rings is 1. The Morgan fingerprint density at radius 1 is 1.31 bits per heavy atom. The molecule has 1 N–H and O–H groups in total. The average molecular weight is 236 g/mol. The molecule has 5 heteroatoms. The lowest BCUT2D eigenvalue weighted by atomic mass is 10.1. The van der Waals surface area contributed by atoms with E-state index in [-0.39, 0.29) is 10.7 Å². The number of aromatic amines is 1. The molecular weight excluding hydrogens is 227 g/mol. The maximum absolute atomic E-state index is 13.6. The van der Waals surface area contributed by atoms with Crippen LogP contribution in [0.2, 0.25) is 0 Å². The molecule has 0 saturated carbocycles. The second-order valence-corrected chi connectivity index (χ2v) is 3.90. The van der Waals surface area contributed by atoms with Crippen LogP contribution in [0.4, 0.5) is 4.39 Å². The second kappa shape index (κ2) is 4.49. The highest BCUT2D eigenvalue weighted by molar-refractivity contribution is 7.98. The molecule has 1 aromatic carbocycles. The number of H-pyrrole nitrogens is 1. The van der Waals surface area contributed by atoms with Crippen molar-refractivity contribution in [1.29, 1.82) is 0 Å². The number of halogens is 1. The van der Waals surface area contributed by atoms with Gasteiger partial charge in [0, 0.05) is 0 Å². The summed E-state index contributed by atoms with van der Waals surface area (Å²) >= 11 is 1.19. The number of thioether (sulfide) groups is 1. The van der Waals surface area contributed by atoms with E-state index in [0.29, 0.717) is 5.56 Å². The number of rotatable bonds is 2. The fraction of sp³-hybridized carbons (Fsp3) is 0.0909. The van der Waals surface area contributed by atoms with Gasteiger partial charge in [-0.2, -0.15) is 9.37 Å². The van der Waals surface area contributed by atoms with Crippen LogP contribution in [-0.4, -0.2) is 16.2 Å². The Labute approximate surface area is 95.7 Å². The van der Waals surface area contributed by atoms with E-state index in [1.807, 2.05) is 0 Å². The van der Waals surface area contributed by atoms with E-state index in [1.54, 1.807) is 36.6 Å². The van der Waals surface area contributed by atoms with Crippen molar-refractivity contribution in [2.45, 2.75) is 5.16 Å². The Morgan fingerprint density at radius 3 is 2.56 bits per heavy atom. The SMILES string of the molecule is CSc1nc(F)c(-c2ccccc2)c(=O)[nH]1. The van der Waals surface area contributed by atoms with Crippen molar-refractivity contribution < 1.29 is 4.39 Å². The molecule has 0 atom stereocenters. The highest BCUT2D eigenvalue weighted by Crippen LogP contribution is 2.18. The minimum atomic E-state index is -0.737. The van der Waals surface area contributed by atoms with Gasteiger partial charge in [0.15, 0.2) is 5.16 Å². The lowest BCUT2D eigenvalue weighted by Gasteiger charge is -2.02. The molecule has 1 aromatic heterocycles. The first-order valence-electron chi connectivity index (χ1n) is 4.61. The topological polar surface area (TPSA) is 45.8 Å². The first-order chi connectivity index (χ1) is 7.72. The van der Waals surface area contributed by atoms with E-state index in [2.05, 4.69) is 9.97 Å². The van der Waals surface area contributed by atoms with Crippen molar-refractivity contribution in [3.63, 3.8) is 0 Å². The molecule has 1 heterocycles. The summed E-state index contributed by atoms with van der Waals surface area (Å²) in [6.45, 7) is 0. The molecule has 0 spiro atoms. The van der Waals surface area contributed by atoms with Crippen LogP contribution in [0.3, 0.4) is 0 Å². The van der Waals surface area contributed by atoms with Gasteiger partial charge in [-0.15, -0.1) is 0 Å². The molecule has 16 heavy (non-hydrogen) atoms. The molecule has 0 bridgehead atoms. The monoisotopic (exact) mass is 236 g/mol. The second-order valence-electron chi connectivity index (χ2n) is 3.11. The summed E-state index contributed by atoms with van der Waals surface area (Å²) < 4.78 is 13.6. The summed E-state index contributed by atoms with van der Waals surface area (Å²) in [5.74, 6) is -0.737. The fourth-order valence-corrected chi connectivity index (χ4v) is 1.74. The van der Waals surface area contributed by atoms with Crippen LogP contribution in [0.25, 0.3) is 11.1 Å². The predicted octanol–water partition coefficient (Wildman–Crippen LogP) is 2.30. The molecule has 0 unspecified atom stereocenters. The molecule has 82 valence electrons.